The quantitative estimate of drug-likeness (QED) is 0.523. The summed E-state index contributed by atoms with van der Waals surface area (Å²) < 4.78 is 6.51. The van der Waals surface area contributed by atoms with Crippen molar-refractivity contribution < 1.29 is 28.7 Å². The van der Waals surface area contributed by atoms with E-state index in [2.05, 4.69) is 4.98 Å². The first-order chi connectivity index (χ1) is 14.0. The number of likely N-dealkylation sites (tertiary alicyclic amines) is 1. The summed E-state index contributed by atoms with van der Waals surface area (Å²) in [5, 5.41) is 0. The Labute approximate surface area is 164 Å². The molecule has 29 heavy (non-hydrogen) atoms. The number of rotatable bonds is 5. The largest absolute Gasteiger partial charge is 0.442 e. The van der Waals surface area contributed by atoms with Gasteiger partial charge in [-0.1, -0.05) is 12.1 Å². The molecule has 1 unspecified atom stereocenters. The second-order valence-corrected chi connectivity index (χ2v) is 6.62. The number of aromatic nitrogens is 2. The molecule has 0 bridgehead atoms. The van der Waals surface area contributed by atoms with Crippen LogP contribution in [0.3, 0.4) is 0 Å². The van der Waals surface area contributed by atoms with Crippen molar-refractivity contribution in [3.63, 3.8) is 0 Å². The third-order valence-corrected chi connectivity index (χ3v) is 4.85. The molecule has 2 aliphatic rings. The smallest absolute Gasteiger partial charge is 0.327 e. The molecule has 1 aromatic heterocycles. The SMILES string of the molecule is O=C(Cn1ccnc1)OCN1C(=O)CCC(N2C(=O)c3ccccc3C2=O)C1=O. The highest BCUT2D eigenvalue weighted by Crippen LogP contribution is 2.28. The molecule has 1 saturated heterocycles. The van der Waals surface area contributed by atoms with Crippen LogP contribution in [0.25, 0.3) is 0 Å². The highest BCUT2D eigenvalue weighted by molar-refractivity contribution is 6.23. The van der Waals surface area contributed by atoms with Crippen molar-refractivity contribution in [2.75, 3.05) is 6.73 Å². The van der Waals surface area contributed by atoms with Gasteiger partial charge in [0, 0.05) is 18.8 Å². The maximum absolute atomic E-state index is 12.8. The number of carbonyl (C=O) groups is 5. The standard InChI is InChI=1S/C19H16N4O6/c24-15-6-5-14(23-17(26)12-3-1-2-4-13(12)18(23)27)19(28)22(15)11-29-16(25)9-21-8-7-20-10-21/h1-4,7-8,10,14H,5-6,9,11H2. The third kappa shape index (κ3) is 3.28. The molecule has 2 aromatic rings. The van der Waals surface area contributed by atoms with Gasteiger partial charge in [-0.15, -0.1) is 0 Å². The monoisotopic (exact) mass is 396 g/mol. The van der Waals surface area contributed by atoms with Crippen molar-refractivity contribution in [2.45, 2.75) is 25.4 Å². The summed E-state index contributed by atoms with van der Waals surface area (Å²) >= 11 is 0. The number of ether oxygens (including phenoxy) is 1. The van der Waals surface area contributed by atoms with Crippen molar-refractivity contribution in [1.29, 1.82) is 0 Å². The van der Waals surface area contributed by atoms with Gasteiger partial charge in [-0.3, -0.25) is 28.9 Å². The fourth-order valence-corrected chi connectivity index (χ4v) is 3.40. The van der Waals surface area contributed by atoms with E-state index in [9.17, 15) is 24.0 Å². The summed E-state index contributed by atoms with van der Waals surface area (Å²) in [5.41, 5.74) is 0.445. The Morgan fingerprint density at radius 3 is 2.41 bits per heavy atom. The molecule has 1 atom stereocenters. The van der Waals surface area contributed by atoms with E-state index in [1.807, 2.05) is 0 Å². The van der Waals surface area contributed by atoms with Crippen molar-refractivity contribution in [3.8, 4) is 0 Å². The highest BCUT2D eigenvalue weighted by Gasteiger charge is 2.47. The van der Waals surface area contributed by atoms with Gasteiger partial charge in [0.1, 0.15) is 12.6 Å². The van der Waals surface area contributed by atoms with Gasteiger partial charge in [-0.05, 0) is 18.6 Å². The first-order valence-electron chi connectivity index (χ1n) is 8.90. The van der Waals surface area contributed by atoms with Gasteiger partial charge < -0.3 is 9.30 Å². The van der Waals surface area contributed by atoms with Gasteiger partial charge in [0.25, 0.3) is 17.7 Å². The molecule has 10 nitrogen and oxygen atoms in total. The van der Waals surface area contributed by atoms with Crippen LogP contribution in [-0.4, -0.2) is 61.7 Å². The number of imidazole rings is 1. The Bertz CT molecular complexity index is 980. The molecule has 4 rings (SSSR count). The van der Waals surface area contributed by atoms with Crippen LogP contribution in [0.15, 0.2) is 43.0 Å². The number of hydrogen-bond donors (Lipinski definition) is 0. The van der Waals surface area contributed by atoms with Crippen LogP contribution in [-0.2, 0) is 25.7 Å². The van der Waals surface area contributed by atoms with Crippen LogP contribution in [0, 0.1) is 0 Å². The lowest BCUT2D eigenvalue weighted by molar-refractivity contribution is -0.164. The third-order valence-electron chi connectivity index (χ3n) is 4.85. The van der Waals surface area contributed by atoms with Gasteiger partial charge in [0.05, 0.1) is 17.5 Å². The number of hydrogen-bond acceptors (Lipinski definition) is 7. The molecule has 4 amide bonds. The van der Waals surface area contributed by atoms with Crippen molar-refractivity contribution >= 4 is 29.6 Å². The molecule has 3 heterocycles. The van der Waals surface area contributed by atoms with Crippen LogP contribution >= 0.6 is 0 Å². The van der Waals surface area contributed by atoms with E-state index in [1.165, 1.54) is 29.2 Å². The van der Waals surface area contributed by atoms with E-state index in [0.29, 0.717) is 0 Å². The zero-order valence-corrected chi connectivity index (χ0v) is 15.2. The van der Waals surface area contributed by atoms with Crippen molar-refractivity contribution in [3.05, 3.63) is 54.1 Å². The van der Waals surface area contributed by atoms with E-state index in [1.54, 1.807) is 18.3 Å². The average Bonchev–Trinajstić information content (AvgIpc) is 3.30. The summed E-state index contributed by atoms with van der Waals surface area (Å²) in [7, 11) is 0. The maximum Gasteiger partial charge on any atom is 0.327 e. The zero-order valence-electron chi connectivity index (χ0n) is 15.2. The lowest BCUT2D eigenvalue weighted by Crippen LogP contribution is -2.56. The summed E-state index contributed by atoms with van der Waals surface area (Å²) in [6, 6.07) is 5.18. The van der Waals surface area contributed by atoms with Gasteiger partial charge in [-0.25, -0.2) is 9.88 Å². The first kappa shape index (κ1) is 18.5. The van der Waals surface area contributed by atoms with Crippen LogP contribution in [0.2, 0.25) is 0 Å². The minimum absolute atomic E-state index is 0.0304. The van der Waals surface area contributed by atoms with E-state index in [4.69, 9.17) is 4.74 Å². The molecule has 0 aliphatic carbocycles. The van der Waals surface area contributed by atoms with Crippen LogP contribution in [0.5, 0.6) is 0 Å². The molecule has 0 saturated carbocycles. The van der Waals surface area contributed by atoms with Crippen LogP contribution in [0.4, 0.5) is 0 Å². The normalized spacial score (nSPS) is 19.0. The Morgan fingerprint density at radius 2 is 1.79 bits per heavy atom. The number of carbonyl (C=O) groups excluding carboxylic acids is 5. The topological polar surface area (TPSA) is 119 Å². The predicted octanol–water partition coefficient (Wildman–Crippen LogP) is 0.198. The minimum atomic E-state index is -1.12. The molecule has 10 heteroatoms. The second-order valence-electron chi connectivity index (χ2n) is 6.62. The number of amides is 4. The lowest BCUT2D eigenvalue weighted by Gasteiger charge is -2.33. The Morgan fingerprint density at radius 1 is 1.10 bits per heavy atom. The zero-order chi connectivity index (χ0) is 20.5. The molecular weight excluding hydrogens is 380 g/mol. The summed E-state index contributed by atoms with van der Waals surface area (Å²) in [5.74, 6) is -3.08. The van der Waals surface area contributed by atoms with E-state index >= 15 is 0 Å². The van der Waals surface area contributed by atoms with E-state index < -0.39 is 42.4 Å². The van der Waals surface area contributed by atoms with Gasteiger partial charge in [0.15, 0.2) is 6.73 Å². The Hall–Kier alpha value is -3.82. The summed E-state index contributed by atoms with van der Waals surface area (Å²) in [4.78, 5) is 67.7. The Balaban J connectivity index is 1.46. The maximum atomic E-state index is 12.8. The average molecular weight is 396 g/mol. The number of imide groups is 2. The Kier molecular flexibility index (Phi) is 4.67. The van der Waals surface area contributed by atoms with E-state index in [0.717, 1.165) is 9.80 Å². The van der Waals surface area contributed by atoms with Gasteiger partial charge >= 0.3 is 5.97 Å². The van der Waals surface area contributed by atoms with Crippen LogP contribution < -0.4 is 0 Å². The molecule has 1 fully saturated rings. The lowest BCUT2D eigenvalue weighted by atomic mass is 10.0. The number of nitrogens with zero attached hydrogens (tertiary/aromatic N) is 4. The summed E-state index contributed by atoms with van der Waals surface area (Å²) in [6.07, 6.45) is 4.47. The predicted molar refractivity (Wildman–Crippen MR) is 95.0 cm³/mol. The summed E-state index contributed by atoms with van der Waals surface area (Å²) in [6.45, 7) is -0.705. The number of benzene rings is 1. The number of fused-ring (bicyclic) bond motifs is 1. The first-order valence-corrected chi connectivity index (χ1v) is 8.90. The molecule has 0 spiro atoms. The molecule has 1 aromatic carbocycles. The molecule has 2 aliphatic heterocycles. The number of esters is 1. The van der Waals surface area contributed by atoms with E-state index in [-0.39, 0.29) is 30.5 Å². The fraction of sp³-hybridized carbons (Fsp3) is 0.263. The minimum Gasteiger partial charge on any atom is -0.442 e. The second kappa shape index (κ2) is 7.30. The highest BCUT2D eigenvalue weighted by atomic mass is 16.5. The van der Waals surface area contributed by atoms with Crippen molar-refractivity contribution in [2.24, 2.45) is 0 Å². The molecule has 0 radical (unpaired) electrons. The molecular formula is C19H16N4O6. The molecule has 0 N–H and O–H groups in total. The van der Waals surface area contributed by atoms with Gasteiger partial charge in [-0.2, -0.15) is 0 Å². The molecule has 148 valence electrons. The van der Waals surface area contributed by atoms with Crippen LogP contribution in [0.1, 0.15) is 33.6 Å². The van der Waals surface area contributed by atoms with Crippen molar-refractivity contribution in [1.82, 2.24) is 19.4 Å². The number of piperidine rings is 1. The fourth-order valence-electron chi connectivity index (χ4n) is 3.40. The van der Waals surface area contributed by atoms with Gasteiger partial charge in [0.2, 0.25) is 5.91 Å².